The molecule has 4 saturated carbocycles. The quantitative estimate of drug-likeness (QED) is 0.0370. The summed E-state index contributed by atoms with van der Waals surface area (Å²) in [5.41, 5.74) is -7.20. The van der Waals surface area contributed by atoms with Crippen LogP contribution < -0.4 is 61.0 Å². The van der Waals surface area contributed by atoms with Gasteiger partial charge in [0.1, 0.15) is 57.9 Å². The zero-order chi connectivity index (χ0) is 87.9. The van der Waals surface area contributed by atoms with Gasteiger partial charge in [-0.3, -0.25) is 28.8 Å². The Labute approximate surface area is 702 Å². The molecule has 11 aromatic rings. The van der Waals surface area contributed by atoms with Crippen molar-refractivity contribution in [1.82, 2.24) is 30.6 Å². The summed E-state index contributed by atoms with van der Waals surface area (Å²) >= 11 is 23.3. The molecule has 0 atom stereocenters. The van der Waals surface area contributed by atoms with Gasteiger partial charge in [0.15, 0.2) is 34.5 Å². The molecule has 0 unspecified atom stereocenters. The molecule has 3 aromatic heterocycles. The van der Waals surface area contributed by atoms with E-state index >= 15 is 0 Å². The van der Waals surface area contributed by atoms with Gasteiger partial charge in [0, 0.05) is 48.5 Å². The van der Waals surface area contributed by atoms with E-state index in [1.165, 1.54) is 54.6 Å². The third kappa shape index (κ3) is 27.8. The van der Waals surface area contributed by atoms with Crippen LogP contribution >= 0.6 is 66.7 Å². The van der Waals surface area contributed by atoms with Gasteiger partial charge >= 0.3 is 18.5 Å². The summed E-state index contributed by atoms with van der Waals surface area (Å²) in [7, 11) is 0. The van der Waals surface area contributed by atoms with E-state index in [2.05, 4.69) is 78.4 Å². The van der Waals surface area contributed by atoms with Crippen molar-refractivity contribution in [2.75, 3.05) is 16.0 Å². The first-order valence-corrected chi connectivity index (χ1v) is 37.5. The number of H-pyrrole nitrogens is 3. The van der Waals surface area contributed by atoms with Crippen molar-refractivity contribution < 1.29 is 119 Å². The zero-order valence-electron chi connectivity index (χ0n) is 60.7. The van der Waals surface area contributed by atoms with Gasteiger partial charge in [0.2, 0.25) is 0 Å². The summed E-state index contributed by atoms with van der Waals surface area (Å²) in [5, 5.41) is 39.3. The minimum Gasteiger partial charge on any atom is -0.507 e. The Kier molecular flexibility index (Phi) is 30.1. The van der Waals surface area contributed by atoms with Gasteiger partial charge in [-0.25, -0.2) is 41.6 Å². The molecule has 4 fully saturated rings. The number of aromatic amines is 3. The van der Waals surface area contributed by atoms with E-state index in [9.17, 15) is 99.7 Å². The zero-order valence-corrected chi connectivity index (χ0v) is 66.2. The third-order valence-electron chi connectivity index (χ3n) is 15.9. The fraction of sp³-hybridized carbons (Fsp3) is 0.192. The molecule has 0 radical (unpaired) electrons. The molecule has 0 saturated heterocycles. The molecular weight excluding hydrogens is 1840 g/mol. The number of hydrogen-bond acceptors (Lipinski definition) is 17. The first kappa shape index (κ1) is 91.3. The van der Waals surface area contributed by atoms with E-state index in [1.807, 2.05) is 0 Å². The van der Waals surface area contributed by atoms with Crippen molar-refractivity contribution in [2.24, 2.45) is 0 Å². The second kappa shape index (κ2) is 39.9. The van der Waals surface area contributed by atoms with Crippen molar-refractivity contribution in [1.29, 1.82) is 0 Å². The maximum atomic E-state index is 13.7. The van der Waals surface area contributed by atoms with E-state index in [4.69, 9.17) is 68.3 Å². The maximum absolute atomic E-state index is 13.7. The number of hydrogen-bond donors (Lipinski definition) is 8. The lowest BCUT2D eigenvalue weighted by Crippen LogP contribution is -2.17. The molecule has 3 amide bonds. The SMILES string of the molecule is Fc1ccc(Br)c(OC2CC2)c1.O=C(Nc1cn[nH]c(=O)c1)c1cc(Cl)c(C(F)(F)F)cc1F.O=C(Nc1cn[nH]c(=O)c1)c1cc(Cl)c(C(F)(F)F)cc1Oc1ccc(F)cc1OC1CC1.O=C(Nc1cn[nH]c(=O)c1)c1cc(Cl)c(C(F)(F)F)cc1Oc1ccc(F)cc1OC1CC1.Oc1cc(F)ccc1Br.Oc1ccc(F)cc1OC1CC1. The minimum absolute atomic E-state index is 0.00306. The van der Waals surface area contributed by atoms with Crippen molar-refractivity contribution in [3.05, 3.63) is 288 Å². The van der Waals surface area contributed by atoms with Crippen molar-refractivity contribution in [3.63, 3.8) is 0 Å². The van der Waals surface area contributed by atoms with Gasteiger partial charge in [-0.15, -0.1) is 0 Å². The second-order valence-electron chi connectivity index (χ2n) is 25.8. The van der Waals surface area contributed by atoms with E-state index in [0.29, 0.717) is 34.5 Å². The van der Waals surface area contributed by atoms with E-state index in [1.54, 1.807) is 6.07 Å². The van der Waals surface area contributed by atoms with Gasteiger partial charge in [-0.2, -0.15) is 54.8 Å². The monoisotopic (exact) mass is 1890 g/mol. The van der Waals surface area contributed by atoms with Crippen LogP contribution in [0.3, 0.4) is 0 Å². The number of aromatic nitrogens is 6. The number of anilines is 3. The Hall–Kier alpha value is -12.0. The van der Waals surface area contributed by atoms with Crippen molar-refractivity contribution in [3.8, 4) is 57.5 Å². The summed E-state index contributed by atoms with van der Waals surface area (Å²) in [4.78, 5) is 71.2. The molecule has 8 aromatic carbocycles. The Balaban J connectivity index is 0.000000162. The number of nitrogens with one attached hydrogen (secondary N) is 6. The lowest BCUT2D eigenvalue weighted by molar-refractivity contribution is -0.138. The number of phenolic OH excluding ortho intramolecular Hbond substituents is 2. The molecule has 636 valence electrons. The fourth-order valence-corrected chi connectivity index (χ4v) is 11.0. The van der Waals surface area contributed by atoms with Crippen LogP contribution in [0.15, 0.2) is 188 Å². The molecule has 4 aliphatic rings. The number of nitrogens with zero attached hydrogens (tertiary/aromatic N) is 3. The van der Waals surface area contributed by atoms with Crippen LogP contribution in [0.4, 0.5) is 82.9 Å². The van der Waals surface area contributed by atoms with Crippen LogP contribution in [-0.4, -0.2) is 82.9 Å². The molecule has 8 N–H and O–H groups in total. The molecule has 0 bridgehead atoms. The summed E-state index contributed by atoms with van der Waals surface area (Å²) in [6.07, 6.45) is -3.87. The number of halogens is 20. The molecular formula is C78H55Br2Cl3F15N9O14. The standard InChI is InChI=1S/2C21H14ClF4N3O4.C12H6ClF4N3O2.C9H8BrFO.C9H9FO2.C6H4BrFO/c2*22-15-7-13(20(31)28-11-6-19(30)29-27-9-11)17(8-14(15)21(24,25)26)33-16-4-1-10(23)5-18(16)32-12-2-3-12;13-8-2-6(9(14)3-7(8)12(15,16)17)11(22)19-5-1-10(21)20-18-4-5;10-8-4-1-6(11)5-9(8)12-7-2-3-7;10-6-1-4-8(11)9(5-6)12-7-2-3-7;7-5-2-1-4(8)3-6(5)9/h2*1,4-9,12H,2-3H2,(H2,28,29,30,31);1-4H,(H2,19,20,21,22);1,4-5,7H,2-3H2;1,4-5,7,11H,2-3H2;1-3,9H. The number of carbonyl (C=O) groups is 3. The summed E-state index contributed by atoms with van der Waals surface area (Å²) < 4.78 is 231. The first-order chi connectivity index (χ1) is 57.1. The fourth-order valence-electron chi connectivity index (χ4n) is 9.58. The number of rotatable bonds is 18. The minimum atomic E-state index is -4.84. The summed E-state index contributed by atoms with van der Waals surface area (Å²) in [6, 6.07) is 24.9. The van der Waals surface area contributed by atoms with Gasteiger partial charge in [-0.1, -0.05) is 34.8 Å². The highest BCUT2D eigenvalue weighted by Gasteiger charge is 2.39. The molecule has 0 aliphatic heterocycles. The highest BCUT2D eigenvalue weighted by atomic mass is 79.9. The number of benzene rings is 8. The molecule has 121 heavy (non-hydrogen) atoms. The predicted octanol–water partition coefficient (Wildman–Crippen LogP) is 20.7. The molecule has 3 heterocycles. The topological polar surface area (TPSA) is 320 Å². The highest BCUT2D eigenvalue weighted by molar-refractivity contribution is 9.11. The second-order valence-corrected chi connectivity index (χ2v) is 28.7. The van der Waals surface area contributed by atoms with E-state index in [0.717, 1.165) is 135 Å². The normalized spacial score (nSPS) is 13.3. The molecule has 15 rings (SSSR count). The van der Waals surface area contributed by atoms with Crippen molar-refractivity contribution in [2.45, 2.75) is 94.3 Å². The molecule has 43 heteroatoms. The third-order valence-corrected chi connectivity index (χ3v) is 18.1. The van der Waals surface area contributed by atoms with E-state index in [-0.39, 0.29) is 104 Å². The molecule has 23 nitrogen and oxygen atoms in total. The first-order valence-electron chi connectivity index (χ1n) is 34.7. The van der Waals surface area contributed by atoms with Crippen LogP contribution in [0, 0.1) is 34.9 Å². The number of carbonyl (C=O) groups excluding carboxylic acids is 3. The number of amides is 3. The maximum Gasteiger partial charge on any atom is 0.417 e. The van der Waals surface area contributed by atoms with Gasteiger partial charge < -0.3 is 54.6 Å². The number of ether oxygens (including phenoxy) is 6. The highest BCUT2D eigenvalue weighted by Crippen LogP contribution is 2.46. The lowest BCUT2D eigenvalue weighted by Gasteiger charge is -2.17. The van der Waals surface area contributed by atoms with Crippen LogP contribution in [0.2, 0.25) is 15.1 Å². The molecule has 0 spiro atoms. The molecule has 4 aliphatic carbocycles. The van der Waals surface area contributed by atoms with Crippen molar-refractivity contribution >= 4 is 101 Å². The van der Waals surface area contributed by atoms with Crippen LogP contribution in [0.5, 0.6) is 57.5 Å². The average molecular weight is 1890 g/mol. The number of aromatic hydroxyl groups is 2. The largest absolute Gasteiger partial charge is 0.507 e. The average Bonchev–Trinajstić information content (AvgIpc) is 1.35. The van der Waals surface area contributed by atoms with Gasteiger partial charge in [0.25, 0.3) is 34.4 Å². The Morgan fingerprint density at radius 3 is 1.02 bits per heavy atom. The Morgan fingerprint density at radius 2 is 0.669 bits per heavy atom. The number of alkyl halides is 9. The summed E-state index contributed by atoms with van der Waals surface area (Å²) in [6.45, 7) is 0. The smallest absolute Gasteiger partial charge is 0.417 e. The van der Waals surface area contributed by atoms with E-state index < -0.39 is 125 Å². The van der Waals surface area contributed by atoms with Gasteiger partial charge in [0.05, 0.1) is 117 Å². The Bertz CT molecular complexity index is 5570. The van der Waals surface area contributed by atoms with Gasteiger partial charge in [-0.05, 0) is 180 Å². The summed E-state index contributed by atoms with van der Waals surface area (Å²) in [5.74, 6) is -7.10. The lowest BCUT2D eigenvalue weighted by atomic mass is 10.1. The van der Waals surface area contributed by atoms with Crippen LogP contribution in [0.25, 0.3) is 0 Å². The Morgan fingerprint density at radius 1 is 0.364 bits per heavy atom. The van der Waals surface area contributed by atoms with Crippen LogP contribution in [-0.2, 0) is 18.5 Å². The predicted molar refractivity (Wildman–Crippen MR) is 413 cm³/mol. The van der Waals surface area contributed by atoms with Crippen LogP contribution in [0.1, 0.15) is 99.1 Å². The number of phenols is 2.